The van der Waals surface area contributed by atoms with Gasteiger partial charge in [-0.25, -0.2) is 14.0 Å². The molecule has 0 unspecified atom stereocenters. The van der Waals surface area contributed by atoms with E-state index in [1.165, 1.54) is 17.0 Å². The molecule has 0 bridgehead atoms. The van der Waals surface area contributed by atoms with Crippen LogP contribution in [-0.4, -0.2) is 56.3 Å². The summed E-state index contributed by atoms with van der Waals surface area (Å²) in [5.74, 6) is -1.18. The number of piperidine rings is 1. The number of likely N-dealkylation sites (tertiary alicyclic amines) is 1. The first-order valence-electron chi connectivity index (χ1n) is 10.9. The third-order valence-corrected chi connectivity index (χ3v) is 5.79. The SMILES string of the molecule is CCN(C(=O)n1nnn(-c2c(F)cccc2C(=O)N2CCCCC2)c1=O)c1ccccc1C. The van der Waals surface area contributed by atoms with Crippen molar-refractivity contribution in [2.75, 3.05) is 24.5 Å². The van der Waals surface area contributed by atoms with Gasteiger partial charge >= 0.3 is 11.7 Å². The number of nitrogens with zero attached hydrogens (tertiary/aromatic N) is 6. The summed E-state index contributed by atoms with van der Waals surface area (Å²) in [6, 6.07) is 10.5. The number of carbonyl (C=O) groups excluding carboxylic acids is 2. The van der Waals surface area contributed by atoms with Crippen LogP contribution in [0.5, 0.6) is 0 Å². The predicted molar refractivity (Wildman–Crippen MR) is 120 cm³/mol. The Balaban J connectivity index is 1.74. The van der Waals surface area contributed by atoms with Crippen LogP contribution in [0.2, 0.25) is 0 Å². The first-order chi connectivity index (χ1) is 15.9. The lowest BCUT2D eigenvalue weighted by Crippen LogP contribution is -2.41. The van der Waals surface area contributed by atoms with E-state index < -0.39 is 17.5 Å². The van der Waals surface area contributed by atoms with Crippen molar-refractivity contribution in [3.05, 3.63) is 69.9 Å². The smallest absolute Gasteiger partial charge is 0.339 e. The molecule has 0 atom stereocenters. The van der Waals surface area contributed by atoms with Gasteiger partial charge in [0.2, 0.25) is 0 Å². The van der Waals surface area contributed by atoms with E-state index in [4.69, 9.17) is 0 Å². The molecule has 3 aromatic rings. The molecule has 2 aromatic carbocycles. The van der Waals surface area contributed by atoms with Crippen LogP contribution in [0, 0.1) is 12.7 Å². The number of rotatable bonds is 4. The molecule has 1 saturated heterocycles. The number of aromatic nitrogens is 4. The van der Waals surface area contributed by atoms with Crippen LogP contribution in [0.4, 0.5) is 14.9 Å². The summed E-state index contributed by atoms with van der Waals surface area (Å²) in [5.41, 5.74) is 0.209. The summed E-state index contributed by atoms with van der Waals surface area (Å²) in [6.07, 6.45) is 2.77. The van der Waals surface area contributed by atoms with E-state index in [0.717, 1.165) is 30.9 Å². The average Bonchev–Trinajstić information content (AvgIpc) is 3.21. The number of aryl methyl sites for hydroxylation is 1. The van der Waals surface area contributed by atoms with Gasteiger partial charge in [-0.1, -0.05) is 24.3 Å². The highest BCUT2D eigenvalue weighted by atomic mass is 19.1. The normalized spacial score (nSPS) is 13.7. The van der Waals surface area contributed by atoms with Gasteiger partial charge in [0.15, 0.2) is 0 Å². The Kier molecular flexibility index (Phi) is 6.34. The lowest BCUT2D eigenvalue weighted by molar-refractivity contribution is 0.0723. The van der Waals surface area contributed by atoms with Crippen LogP contribution in [0.3, 0.4) is 0 Å². The summed E-state index contributed by atoms with van der Waals surface area (Å²) < 4.78 is 16.2. The second-order valence-corrected chi connectivity index (χ2v) is 7.89. The third kappa shape index (κ3) is 4.15. The van der Waals surface area contributed by atoms with Crippen molar-refractivity contribution < 1.29 is 14.0 Å². The number of anilines is 1. The molecule has 0 radical (unpaired) electrons. The Morgan fingerprint density at radius 3 is 2.45 bits per heavy atom. The first kappa shape index (κ1) is 22.4. The molecule has 0 N–H and O–H groups in total. The van der Waals surface area contributed by atoms with E-state index in [-0.39, 0.29) is 23.7 Å². The highest BCUT2D eigenvalue weighted by molar-refractivity contribution is 5.98. The molecule has 1 aromatic heterocycles. The van der Waals surface area contributed by atoms with Gasteiger partial charge < -0.3 is 4.90 Å². The molecule has 1 aliphatic heterocycles. The summed E-state index contributed by atoms with van der Waals surface area (Å²) in [5, 5.41) is 7.45. The summed E-state index contributed by atoms with van der Waals surface area (Å²) >= 11 is 0. The zero-order valence-electron chi connectivity index (χ0n) is 18.6. The standard InChI is InChI=1S/C23H25FN6O3/c1-3-28(19-13-6-5-10-16(19)2)22(32)30-23(33)29(25-26-30)20-17(11-9-12-18(20)24)21(31)27-14-7-4-8-15-27/h5-6,9-13H,3-4,7-8,14-15H2,1-2H3. The molecule has 1 aliphatic rings. The summed E-state index contributed by atoms with van der Waals surface area (Å²) in [4.78, 5) is 42.4. The predicted octanol–water partition coefficient (Wildman–Crippen LogP) is 3.00. The Bertz CT molecular complexity index is 1240. The van der Waals surface area contributed by atoms with Crippen molar-refractivity contribution in [2.24, 2.45) is 0 Å². The Labute approximate surface area is 190 Å². The average molecular weight is 452 g/mol. The number of carbonyl (C=O) groups is 2. The highest BCUT2D eigenvalue weighted by Crippen LogP contribution is 2.22. The van der Waals surface area contributed by atoms with Gasteiger partial charge in [0.05, 0.1) is 5.56 Å². The van der Waals surface area contributed by atoms with Gasteiger partial charge in [-0.15, -0.1) is 4.68 Å². The molecule has 172 valence electrons. The molecule has 33 heavy (non-hydrogen) atoms. The molecule has 10 heteroatoms. The number of hydrogen-bond acceptors (Lipinski definition) is 5. The van der Waals surface area contributed by atoms with E-state index in [0.29, 0.717) is 28.1 Å². The lowest BCUT2D eigenvalue weighted by Gasteiger charge is -2.27. The van der Waals surface area contributed by atoms with Crippen molar-refractivity contribution in [2.45, 2.75) is 33.1 Å². The topological polar surface area (TPSA) is 93.3 Å². The van der Waals surface area contributed by atoms with E-state index in [1.807, 2.05) is 19.1 Å². The molecule has 1 fully saturated rings. The zero-order chi connectivity index (χ0) is 23.5. The van der Waals surface area contributed by atoms with Crippen molar-refractivity contribution in [1.82, 2.24) is 24.7 Å². The van der Waals surface area contributed by atoms with Crippen LogP contribution in [0.15, 0.2) is 47.3 Å². The molecule has 4 rings (SSSR count). The number of hydrogen-bond donors (Lipinski definition) is 0. The van der Waals surface area contributed by atoms with E-state index in [9.17, 15) is 18.8 Å². The first-order valence-corrected chi connectivity index (χ1v) is 10.9. The van der Waals surface area contributed by atoms with Crippen molar-refractivity contribution in [1.29, 1.82) is 0 Å². The molecule has 9 nitrogen and oxygen atoms in total. The Morgan fingerprint density at radius 2 is 1.76 bits per heavy atom. The molecular weight excluding hydrogens is 427 g/mol. The van der Waals surface area contributed by atoms with Crippen LogP contribution >= 0.6 is 0 Å². The maximum absolute atomic E-state index is 14.9. The number of halogens is 1. The molecule has 0 saturated carbocycles. The van der Waals surface area contributed by atoms with E-state index in [2.05, 4.69) is 10.4 Å². The second-order valence-electron chi connectivity index (χ2n) is 7.89. The number of amides is 2. The highest BCUT2D eigenvalue weighted by Gasteiger charge is 2.28. The zero-order valence-corrected chi connectivity index (χ0v) is 18.6. The van der Waals surface area contributed by atoms with Gasteiger partial charge in [-0.3, -0.25) is 9.69 Å². The minimum Gasteiger partial charge on any atom is -0.339 e. The fraction of sp³-hybridized carbons (Fsp3) is 0.348. The minimum absolute atomic E-state index is 0.00440. The Morgan fingerprint density at radius 1 is 1.03 bits per heavy atom. The van der Waals surface area contributed by atoms with Gasteiger partial charge in [0.1, 0.15) is 11.5 Å². The van der Waals surface area contributed by atoms with Crippen molar-refractivity contribution >= 4 is 17.6 Å². The number of tetrazole rings is 1. The van der Waals surface area contributed by atoms with Crippen LogP contribution < -0.4 is 10.6 Å². The van der Waals surface area contributed by atoms with Gasteiger partial charge in [0, 0.05) is 25.3 Å². The van der Waals surface area contributed by atoms with Gasteiger partial charge in [-0.2, -0.15) is 4.68 Å². The minimum atomic E-state index is -0.954. The van der Waals surface area contributed by atoms with E-state index in [1.54, 1.807) is 24.0 Å². The lowest BCUT2D eigenvalue weighted by atomic mass is 10.1. The van der Waals surface area contributed by atoms with E-state index >= 15 is 0 Å². The largest absolute Gasteiger partial charge is 0.377 e. The summed E-state index contributed by atoms with van der Waals surface area (Å²) in [7, 11) is 0. The van der Waals surface area contributed by atoms with Gasteiger partial charge in [-0.05, 0) is 67.3 Å². The maximum Gasteiger partial charge on any atom is 0.377 e. The fourth-order valence-corrected chi connectivity index (χ4v) is 4.07. The number of para-hydroxylation sites is 2. The van der Waals surface area contributed by atoms with Crippen LogP contribution in [0.25, 0.3) is 5.69 Å². The van der Waals surface area contributed by atoms with Gasteiger partial charge in [0.25, 0.3) is 5.91 Å². The second kappa shape index (κ2) is 9.35. The summed E-state index contributed by atoms with van der Waals surface area (Å²) in [6.45, 7) is 5.03. The Hall–Kier alpha value is -3.82. The quantitative estimate of drug-likeness (QED) is 0.568. The number of benzene rings is 2. The molecule has 2 heterocycles. The molecular formula is C23H25FN6O3. The fourth-order valence-electron chi connectivity index (χ4n) is 4.07. The van der Waals surface area contributed by atoms with Crippen molar-refractivity contribution in [3.8, 4) is 5.69 Å². The molecule has 0 spiro atoms. The van der Waals surface area contributed by atoms with Crippen LogP contribution in [0.1, 0.15) is 42.1 Å². The molecule has 2 amide bonds. The maximum atomic E-state index is 14.9. The molecule has 0 aliphatic carbocycles. The van der Waals surface area contributed by atoms with Crippen LogP contribution in [-0.2, 0) is 0 Å². The van der Waals surface area contributed by atoms with Crippen molar-refractivity contribution in [3.63, 3.8) is 0 Å². The monoisotopic (exact) mass is 452 g/mol. The third-order valence-electron chi connectivity index (χ3n) is 5.79.